The second-order valence-electron chi connectivity index (χ2n) is 7.64. The lowest BCUT2D eigenvalue weighted by Crippen LogP contribution is -2.42. The molecule has 0 unspecified atom stereocenters. The Morgan fingerprint density at radius 3 is 2.48 bits per heavy atom. The van der Waals surface area contributed by atoms with Crippen LogP contribution < -0.4 is 5.32 Å². The van der Waals surface area contributed by atoms with Gasteiger partial charge in [-0.15, -0.1) is 0 Å². The summed E-state index contributed by atoms with van der Waals surface area (Å²) < 4.78 is 19.5. The zero-order valence-corrected chi connectivity index (χ0v) is 18.5. The molecule has 0 aliphatic heterocycles. The molecule has 7 nitrogen and oxygen atoms in total. The molecule has 2 N–H and O–H groups in total. The number of carbonyl (C=O) groups excluding carboxylic acids is 1. The minimum atomic E-state index is -1.05. The summed E-state index contributed by atoms with van der Waals surface area (Å²) >= 11 is 0. The van der Waals surface area contributed by atoms with Crippen LogP contribution in [-0.2, 0) is 14.3 Å². The fourth-order valence-corrected chi connectivity index (χ4v) is 3.06. The lowest BCUT2D eigenvalue weighted by molar-refractivity contribution is -0.135. The van der Waals surface area contributed by atoms with Crippen LogP contribution in [0, 0.1) is 0 Å². The molecule has 0 bridgehead atoms. The van der Waals surface area contributed by atoms with Crippen LogP contribution >= 0.6 is 0 Å². The van der Waals surface area contributed by atoms with Gasteiger partial charge in [-0.2, -0.15) is 5.10 Å². The number of nitrogens with one attached hydrogen (secondary N) is 1. The van der Waals surface area contributed by atoms with E-state index in [0.717, 1.165) is 25.7 Å². The number of ether oxygens (including phenoxy) is 1. The summed E-state index contributed by atoms with van der Waals surface area (Å²) in [6.07, 6.45) is 9.09. The van der Waals surface area contributed by atoms with Crippen molar-refractivity contribution in [3.63, 3.8) is 0 Å². The third-order valence-corrected chi connectivity index (χ3v) is 4.76. The third kappa shape index (κ3) is 11.3. The molecule has 1 fully saturated rings. The average Bonchev–Trinajstić information content (AvgIpc) is 2.72. The molecule has 1 amide bonds. The average molecular weight is 436 g/mol. The molecule has 0 aromatic heterocycles. The Hall–Kier alpha value is -2.74. The summed E-state index contributed by atoms with van der Waals surface area (Å²) in [6.45, 7) is 10.4. The summed E-state index contributed by atoms with van der Waals surface area (Å²) in [5.74, 6) is -1.65. The van der Waals surface area contributed by atoms with Gasteiger partial charge in [-0.05, 0) is 50.0 Å². The summed E-state index contributed by atoms with van der Waals surface area (Å²) in [5, 5.41) is 17.6. The maximum Gasteiger partial charge on any atom is 0.309 e. The highest BCUT2D eigenvalue weighted by molar-refractivity contribution is 6.04. The van der Waals surface area contributed by atoms with Gasteiger partial charge in [0.1, 0.15) is 19.1 Å². The van der Waals surface area contributed by atoms with E-state index in [1.165, 1.54) is 29.7 Å². The van der Waals surface area contributed by atoms with Crippen molar-refractivity contribution in [2.24, 2.45) is 5.10 Å². The highest BCUT2D eigenvalue weighted by atomic mass is 19.1. The number of rotatable bonds is 13. The van der Waals surface area contributed by atoms with Gasteiger partial charge in [0.25, 0.3) is 0 Å². The second kappa shape index (κ2) is 14.3. The van der Waals surface area contributed by atoms with E-state index in [-0.39, 0.29) is 44.0 Å². The van der Waals surface area contributed by atoms with E-state index < -0.39 is 11.8 Å². The van der Waals surface area contributed by atoms with Crippen LogP contribution in [0.4, 0.5) is 4.39 Å². The van der Waals surface area contributed by atoms with Crippen molar-refractivity contribution in [2.75, 3.05) is 19.9 Å². The molecule has 0 radical (unpaired) electrons. The molecule has 0 saturated heterocycles. The van der Waals surface area contributed by atoms with Crippen molar-refractivity contribution in [2.45, 2.75) is 58.4 Å². The van der Waals surface area contributed by atoms with Crippen molar-refractivity contribution in [1.29, 1.82) is 0 Å². The molecule has 172 valence electrons. The lowest BCUT2D eigenvalue weighted by Gasteiger charge is -2.25. The zero-order valence-electron chi connectivity index (χ0n) is 18.5. The number of carboxylic acid groups (broad SMARTS) is 1. The first-order valence-corrected chi connectivity index (χ1v) is 10.4. The maximum atomic E-state index is 13.9. The topological polar surface area (TPSA) is 91.2 Å². The van der Waals surface area contributed by atoms with Crippen LogP contribution in [0.1, 0.15) is 52.4 Å². The third-order valence-electron chi connectivity index (χ3n) is 4.76. The smallest absolute Gasteiger partial charge is 0.309 e. The minimum absolute atomic E-state index is 0.0635. The van der Waals surface area contributed by atoms with Gasteiger partial charge in [-0.25, -0.2) is 4.39 Å². The number of hydrogen-bond acceptors (Lipinski definition) is 5. The Bertz CT molecular complexity index is 737. The standard InChI is InChI=1S/C23H34FN3O4/c1-5-18(4)21(24)12-17(3)15-31-16-27(26-19(6-2)13-23(29)30)14-22(28)25-20-10-8-7-9-11-20/h5-6,12,20H,1-2,7-11,13-16H2,3-4H3,(H,25,28)(H,29,30)/b17-12+,21-18+,26-19+. The number of amides is 1. The number of hydrogen-bond donors (Lipinski definition) is 2. The first-order chi connectivity index (χ1) is 14.7. The fraction of sp³-hybridized carbons (Fsp3) is 0.522. The van der Waals surface area contributed by atoms with Crippen LogP contribution in [0.5, 0.6) is 0 Å². The highest BCUT2D eigenvalue weighted by Crippen LogP contribution is 2.17. The van der Waals surface area contributed by atoms with Crippen LogP contribution in [0.3, 0.4) is 0 Å². The number of hydrazone groups is 1. The van der Waals surface area contributed by atoms with Gasteiger partial charge in [0.2, 0.25) is 5.91 Å². The Balaban J connectivity index is 2.77. The summed E-state index contributed by atoms with van der Waals surface area (Å²) in [6, 6.07) is 0.152. The number of allylic oxidation sites excluding steroid dienone is 5. The summed E-state index contributed by atoms with van der Waals surface area (Å²) in [4.78, 5) is 23.5. The van der Waals surface area contributed by atoms with Crippen molar-refractivity contribution >= 4 is 17.6 Å². The Kier molecular flexibility index (Phi) is 12.1. The zero-order chi connectivity index (χ0) is 23.2. The molecule has 0 spiro atoms. The minimum Gasteiger partial charge on any atom is -0.481 e. The Labute approximate surface area is 184 Å². The first kappa shape index (κ1) is 26.3. The molecule has 0 atom stereocenters. The number of aliphatic carboxylic acids is 1. The number of carboxylic acids is 1. The van der Waals surface area contributed by atoms with Crippen molar-refractivity contribution in [3.8, 4) is 0 Å². The van der Waals surface area contributed by atoms with Gasteiger partial charge in [-0.1, -0.05) is 38.5 Å². The molecule has 1 rings (SSSR count). The van der Waals surface area contributed by atoms with Crippen LogP contribution in [0.15, 0.2) is 53.5 Å². The van der Waals surface area contributed by atoms with Crippen LogP contribution in [0.25, 0.3) is 0 Å². The predicted octanol–water partition coefficient (Wildman–Crippen LogP) is 4.10. The van der Waals surface area contributed by atoms with Gasteiger partial charge in [0.15, 0.2) is 0 Å². The predicted molar refractivity (Wildman–Crippen MR) is 120 cm³/mol. The van der Waals surface area contributed by atoms with E-state index in [1.807, 2.05) is 0 Å². The van der Waals surface area contributed by atoms with Crippen LogP contribution in [-0.4, -0.2) is 53.6 Å². The van der Waals surface area contributed by atoms with E-state index in [9.17, 15) is 14.0 Å². The number of carbonyl (C=O) groups is 2. The molecule has 1 aliphatic carbocycles. The van der Waals surface area contributed by atoms with E-state index in [4.69, 9.17) is 9.84 Å². The molecule has 0 aromatic carbocycles. The lowest BCUT2D eigenvalue weighted by atomic mass is 9.95. The summed E-state index contributed by atoms with van der Waals surface area (Å²) in [5.41, 5.74) is 1.28. The van der Waals surface area contributed by atoms with Gasteiger partial charge in [-0.3, -0.25) is 14.6 Å². The van der Waals surface area contributed by atoms with E-state index in [2.05, 4.69) is 23.6 Å². The molecular weight excluding hydrogens is 401 g/mol. The van der Waals surface area contributed by atoms with E-state index in [0.29, 0.717) is 11.1 Å². The largest absolute Gasteiger partial charge is 0.481 e. The monoisotopic (exact) mass is 435 g/mol. The van der Waals surface area contributed by atoms with Gasteiger partial charge >= 0.3 is 5.97 Å². The molecule has 8 heteroatoms. The molecule has 0 heterocycles. The fourth-order valence-electron chi connectivity index (χ4n) is 3.06. The van der Waals surface area contributed by atoms with Crippen molar-refractivity contribution in [1.82, 2.24) is 10.3 Å². The SMILES string of the molecule is C=C/C(CC(=O)O)=N\N(COC/C(C)=C/C(F)=C(/C)C=C)CC(=O)NC1CCCCC1. The van der Waals surface area contributed by atoms with E-state index in [1.54, 1.807) is 13.8 Å². The Morgan fingerprint density at radius 1 is 1.23 bits per heavy atom. The second-order valence-corrected chi connectivity index (χ2v) is 7.64. The molecule has 1 aliphatic rings. The molecule has 0 aromatic rings. The first-order valence-electron chi connectivity index (χ1n) is 10.4. The summed E-state index contributed by atoms with van der Waals surface area (Å²) in [7, 11) is 0. The van der Waals surface area contributed by atoms with Crippen molar-refractivity contribution < 1.29 is 23.8 Å². The van der Waals surface area contributed by atoms with Crippen LogP contribution in [0.2, 0.25) is 0 Å². The quantitative estimate of drug-likeness (QED) is 0.197. The molecular formula is C23H34FN3O4. The van der Waals surface area contributed by atoms with Gasteiger partial charge < -0.3 is 15.2 Å². The normalized spacial score (nSPS) is 16.4. The number of nitrogens with zero attached hydrogens (tertiary/aromatic N) is 2. The van der Waals surface area contributed by atoms with E-state index >= 15 is 0 Å². The van der Waals surface area contributed by atoms with Crippen molar-refractivity contribution in [3.05, 3.63) is 48.4 Å². The molecule has 31 heavy (non-hydrogen) atoms. The molecule has 1 saturated carbocycles. The highest BCUT2D eigenvalue weighted by Gasteiger charge is 2.18. The Morgan fingerprint density at radius 2 is 1.90 bits per heavy atom. The van der Waals surface area contributed by atoms with Gasteiger partial charge in [0.05, 0.1) is 18.7 Å². The maximum absolute atomic E-state index is 13.9. The number of halogens is 1. The van der Waals surface area contributed by atoms with Gasteiger partial charge in [0, 0.05) is 6.04 Å².